The van der Waals surface area contributed by atoms with Gasteiger partial charge in [-0.25, -0.2) is 4.99 Å². The van der Waals surface area contributed by atoms with Gasteiger partial charge in [-0.2, -0.15) is 0 Å². The molecule has 274 valence electrons. The van der Waals surface area contributed by atoms with Crippen LogP contribution in [-0.4, -0.2) is 18.2 Å². The van der Waals surface area contributed by atoms with E-state index in [2.05, 4.69) is 128 Å². The van der Waals surface area contributed by atoms with E-state index in [1.165, 1.54) is 0 Å². The summed E-state index contributed by atoms with van der Waals surface area (Å²) in [5, 5.41) is 8.50. The molecule has 2 unspecified atom stereocenters. The number of nitrogens with zero attached hydrogens (tertiary/aromatic N) is 2. The fraction of sp³-hybridized carbons (Fsp3) is 0.0769. The standard InChI is InChI=1S/C52H39N3O2/c1-2-13-34-14-3-4-15-35(34)26-29-48(54-32-33-24-25-36-16-5-6-17-37(36)30-33)55-52(53)43-28-27-40(51-50(43)42-21-10-12-23-46(42)57-51)44-31-47-49(39-19-8-7-18-38(39)44)41-20-9-11-22-45(41)56-47/h2-28,30-31,36-37H,1,29,32H2,(H2,53,54,55)/b34-13-,35-26-. The number of allylic oxidation sites excluding steroid dienone is 7. The molecule has 0 spiro atoms. The van der Waals surface area contributed by atoms with Gasteiger partial charge in [0.1, 0.15) is 34.0 Å². The second-order valence-corrected chi connectivity index (χ2v) is 14.6. The lowest BCUT2D eigenvalue weighted by atomic mass is 9.83. The normalized spacial score (nSPS) is 17.7. The second-order valence-electron chi connectivity index (χ2n) is 14.6. The lowest BCUT2D eigenvalue weighted by Crippen LogP contribution is -2.24. The number of hydrogen-bond acceptors (Lipinski definition) is 3. The molecule has 0 saturated heterocycles. The highest BCUT2D eigenvalue weighted by molar-refractivity contribution is 6.26. The Bertz CT molecular complexity index is 3240. The molecule has 6 aromatic carbocycles. The van der Waals surface area contributed by atoms with Gasteiger partial charge in [0.2, 0.25) is 0 Å². The second kappa shape index (κ2) is 14.4. The van der Waals surface area contributed by atoms with Crippen molar-refractivity contribution < 1.29 is 8.83 Å². The van der Waals surface area contributed by atoms with Crippen molar-refractivity contribution in [2.75, 3.05) is 6.54 Å². The predicted molar refractivity (Wildman–Crippen MR) is 239 cm³/mol. The lowest BCUT2D eigenvalue weighted by Gasteiger charge is -2.22. The highest BCUT2D eigenvalue weighted by Gasteiger charge is 2.22. The van der Waals surface area contributed by atoms with Gasteiger partial charge >= 0.3 is 0 Å². The number of benzene rings is 6. The first-order valence-electron chi connectivity index (χ1n) is 19.4. The lowest BCUT2D eigenvalue weighted by molar-refractivity contribution is 0.653. The first-order valence-corrected chi connectivity index (χ1v) is 19.4. The van der Waals surface area contributed by atoms with Crippen LogP contribution in [0.25, 0.3) is 77.9 Å². The van der Waals surface area contributed by atoms with E-state index in [-0.39, 0.29) is 0 Å². The number of fused-ring (bicyclic) bond motifs is 9. The van der Waals surface area contributed by atoms with Gasteiger partial charge < -0.3 is 14.6 Å². The van der Waals surface area contributed by atoms with Crippen molar-refractivity contribution >= 4 is 78.5 Å². The molecule has 2 N–H and O–H groups in total. The van der Waals surface area contributed by atoms with Gasteiger partial charge in [-0.1, -0.05) is 152 Å². The van der Waals surface area contributed by atoms with E-state index < -0.39 is 0 Å². The Hall–Kier alpha value is -7.24. The minimum atomic E-state index is 0.334. The molecular formula is C52H39N3O2. The number of amidine groups is 2. The van der Waals surface area contributed by atoms with Crippen LogP contribution in [0.5, 0.6) is 0 Å². The van der Waals surface area contributed by atoms with Crippen molar-refractivity contribution in [2.24, 2.45) is 27.6 Å². The van der Waals surface area contributed by atoms with Crippen LogP contribution in [-0.2, 0) is 0 Å². The van der Waals surface area contributed by atoms with Crippen LogP contribution in [0.4, 0.5) is 0 Å². The smallest absolute Gasteiger partial charge is 0.144 e. The van der Waals surface area contributed by atoms with Crippen LogP contribution in [0.2, 0.25) is 0 Å². The third kappa shape index (κ3) is 6.24. The van der Waals surface area contributed by atoms with Gasteiger partial charge in [-0.15, -0.1) is 0 Å². The summed E-state index contributed by atoms with van der Waals surface area (Å²) in [6.45, 7) is 4.41. The Morgan fingerprint density at radius 1 is 0.667 bits per heavy atom. The van der Waals surface area contributed by atoms with Crippen molar-refractivity contribution in [2.45, 2.75) is 6.42 Å². The molecule has 0 bridgehead atoms. The monoisotopic (exact) mass is 737 g/mol. The van der Waals surface area contributed by atoms with Crippen molar-refractivity contribution in [3.63, 3.8) is 0 Å². The highest BCUT2D eigenvalue weighted by Crippen LogP contribution is 2.44. The van der Waals surface area contributed by atoms with E-state index in [1.807, 2.05) is 54.6 Å². The Kier molecular flexibility index (Phi) is 8.68. The maximum atomic E-state index is 7.09. The molecule has 2 heterocycles. The fourth-order valence-corrected chi connectivity index (χ4v) is 8.41. The molecule has 0 amide bonds. The third-order valence-electron chi connectivity index (χ3n) is 11.1. The van der Waals surface area contributed by atoms with Crippen LogP contribution in [0.1, 0.15) is 12.0 Å². The van der Waals surface area contributed by atoms with Crippen molar-refractivity contribution in [3.05, 3.63) is 192 Å². The van der Waals surface area contributed by atoms with Gasteiger partial charge in [0.15, 0.2) is 0 Å². The van der Waals surface area contributed by atoms with E-state index in [9.17, 15) is 0 Å². The summed E-state index contributed by atoms with van der Waals surface area (Å²) in [5.74, 6) is 1.74. The number of furan rings is 2. The fourth-order valence-electron chi connectivity index (χ4n) is 8.41. The molecule has 5 nitrogen and oxygen atoms in total. The molecule has 8 aromatic rings. The van der Waals surface area contributed by atoms with Gasteiger partial charge in [-0.3, -0.25) is 4.99 Å². The maximum Gasteiger partial charge on any atom is 0.144 e. The average molecular weight is 738 g/mol. The zero-order valence-electron chi connectivity index (χ0n) is 31.3. The molecule has 10 rings (SSSR count). The Morgan fingerprint density at radius 2 is 1.35 bits per heavy atom. The zero-order chi connectivity index (χ0) is 38.3. The quantitative estimate of drug-likeness (QED) is 0.131. The molecule has 0 radical (unpaired) electrons. The molecule has 2 aromatic heterocycles. The zero-order valence-corrected chi connectivity index (χ0v) is 31.3. The molecule has 0 aliphatic heterocycles. The number of aliphatic imine (C=N–C) groups is 2. The van der Waals surface area contributed by atoms with Gasteiger partial charge in [0, 0.05) is 50.9 Å². The summed E-state index contributed by atoms with van der Waals surface area (Å²) in [5.41, 5.74) is 14.2. The first-order chi connectivity index (χ1) is 28.1. The minimum absolute atomic E-state index is 0.334. The van der Waals surface area contributed by atoms with Crippen LogP contribution in [0, 0.1) is 11.8 Å². The SMILES string of the molecule is C=C/C=c1/cccc/c1=C/CC(=NCC1=CC2C=CC=CC2C=C1)N=C(N)c1ccc(-c2cc3oc4ccccc4c3c3ccccc23)c2oc3ccccc3c12. The third-order valence-corrected chi connectivity index (χ3v) is 11.1. The van der Waals surface area contributed by atoms with E-state index in [4.69, 9.17) is 24.6 Å². The molecule has 0 fully saturated rings. The number of para-hydroxylation sites is 2. The predicted octanol–water partition coefficient (Wildman–Crippen LogP) is 11.1. The van der Waals surface area contributed by atoms with Crippen molar-refractivity contribution in [1.29, 1.82) is 0 Å². The Morgan fingerprint density at radius 3 is 2.16 bits per heavy atom. The summed E-state index contributed by atoms with van der Waals surface area (Å²) < 4.78 is 13.2. The summed E-state index contributed by atoms with van der Waals surface area (Å²) in [6, 6.07) is 39.4. The Labute approximate surface area is 329 Å². The molecule has 2 aliphatic carbocycles. The number of hydrogen-bond donors (Lipinski definition) is 1. The first kappa shape index (κ1) is 34.3. The van der Waals surface area contributed by atoms with E-state index in [1.54, 1.807) is 0 Å². The van der Waals surface area contributed by atoms with Crippen LogP contribution >= 0.6 is 0 Å². The summed E-state index contributed by atoms with van der Waals surface area (Å²) in [4.78, 5) is 10.2. The number of nitrogens with two attached hydrogens (primary N) is 1. The Balaban J connectivity index is 1.12. The van der Waals surface area contributed by atoms with Crippen molar-refractivity contribution in [1.82, 2.24) is 0 Å². The molecule has 2 aliphatic rings. The van der Waals surface area contributed by atoms with E-state index >= 15 is 0 Å². The maximum absolute atomic E-state index is 7.09. The van der Waals surface area contributed by atoms with Crippen LogP contribution in [0.15, 0.2) is 195 Å². The van der Waals surface area contributed by atoms with Crippen molar-refractivity contribution in [3.8, 4) is 11.1 Å². The molecule has 0 saturated carbocycles. The average Bonchev–Trinajstić information content (AvgIpc) is 3.84. The molecule has 57 heavy (non-hydrogen) atoms. The summed E-state index contributed by atoms with van der Waals surface area (Å²) in [6.07, 6.45) is 21.9. The molecule has 2 atom stereocenters. The minimum Gasteiger partial charge on any atom is -0.456 e. The highest BCUT2D eigenvalue weighted by atomic mass is 16.3. The van der Waals surface area contributed by atoms with E-state index in [0.29, 0.717) is 36.5 Å². The summed E-state index contributed by atoms with van der Waals surface area (Å²) >= 11 is 0. The topological polar surface area (TPSA) is 77.0 Å². The van der Waals surface area contributed by atoms with Gasteiger partial charge in [0.05, 0.1) is 6.54 Å². The summed E-state index contributed by atoms with van der Waals surface area (Å²) in [7, 11) is 0. The number of rotatable bonds is 7. The van der Waals surface area contributed by atoms with Crippen LogP contribution < -0.4 is 16.2 Å². The van der Waals surface area contributed by atoms with Gasteiger partial charge in [0.25, 0.3) is 0 Å². The largest absolute Gasteiger partial charge is 0.456 e. The molecular weight excluding hydrogens is 699 g/mol. The van der Waals surface area contributed by atoms with E-state index in [0.717, 1.165) is 87.4 Å². The van der Waals surface area contributed by atoms with Gasteiger partial charge in [-0.05, 0) is 62.7 Å². The molecule has 5 heteroatoms. The van der Waals surface area contributed by atoms with Crippen LogP contribution in [0.3, 0.4) is 0 Å².